The van der Waals surface area contributed by atoms with Gasteiger partial charge >= 0.3 is 0 Å². The lowest BCUT2D eigenvalue weighted by Crippen LogP contribution is -2.03. The smallest absolute Gasteiger partial charge is 0.129 e. The summed E-state index contributed by atoms with van der Waals surface area (Å²) < 4.78 is 5.65. The van der Waals surface area contributed by atoms with Gasteiger partial charge in [-0.2, -0.15) is 0 Å². The highest BCUT2D eigenvalue weighted by Crippen LogP contribution is 2.38. The molecule has 0 radical (unpaired) electrons. The zero-order chi connectivity index (χ0) is 12.4. The molecule has 1 unspecified atom stereocenters. The molecule has 0 spiro atoms. The minimum absolute atomic E-state index is 0.356. The summed E-state index contributed by atoms with van der Waals surface area (Å²) >= 11 is 1.68. The van der Waals surface area contributed by atoms with Gasteiger partial charge in [-0.3, -0.25) is 0 Å². The summed E-state index contributed by atoms with van der Waals surface area (Å²) in [5.74, 6) is 2.69. The number of thioether (sulfide) groups is 1. The van der Waals surface area contributed by atoms with Crippen molar-refractivity contribution in [2.45, 2.75) is 10.8 Å². The van der Waals surface area contributed by atoms with Gasteiger partial charge in [-0.25, -0.2) is 0 Å². The predicted octanol–water partition coefficient (Wildman–Crippen LogP) is 3.66. The number of ether oxygens (including phenoxy) is 1. The Morgan fingerprint density at radius 3 is 2.78 bits per heavy atom. The normalized spacial score (nSPS) is 17.2. The van der Waals surface area contributed by atoms with E-state index in [2.05, 4.69) is 6.07 Å². The number of para-hydroxylation sites is 2. The number of hydrogen-bond donors (Lipinski definition) is 1. The second-order valence-electron chi connectivity index (χ2n) is 4.32. The third-order valence-corrected chi connectivity index (χ3v) is 4.33. The molecule has 0 saturated carbocycles. The van der Waals surface area contributed by atoms with Crippen molar-refractivity contribution in [3.8, 4) is 11.5 Å². The second-order valence-corrected chi connectivity index (χ2v) is 5.39. The minimum Gasteiger partial charge on any atom is -0.507 e. The Morgan fingerprint density at radius 2 is 1.89 bits per heavy atom. The Balaban J connectivity index is 1.71. The standard InChI is InChI=1S/C15H14O2S/c16-13-6-2-4-8-15(13)18-10-11-9-17-14-7-3-1-5-12(11)14/h1-8,11,16H,9-10H2. The maximum Gasteiger partial charge on any atom is 0.129 e. The van der Waals surface area contributed by atoms with Crippen molar-refractivity contribution in [3.63, 3.8) is 0 Å². The van der Waals surface area contributed by atoms with Gasteiger partial charge < -0.3 is 9.84 Å². The van der Waals surface area contributed by atoms with Crippen molar-refractivity contribution in [1.82, 2.24) is 0 Å². The molecule has 18 heavy (non-hydrogen) atoms. The topological polar surface area (TPSA) is 29.5 Å². The Hall–Kier alpha value is -1.61. The first-order valence-corrected chi connectivity index (χ1v) is 6.95. The van der Waals surface area contributed by atoms with Gasteiger partial charge in [-0.15, -0.1) is 11.8 Å². The summed E-state index contributed by atoms with van der Waals surface area (Å²) in [6.45, 7) is 0.736. The molecule has 2 nitrogen and oxygen atoms in total. The van der Waals surface area contributed by atoms with E-state index in [-0.39, 0.29) is 0 Å². The number of aromatic hydroxyl groups is 1. The van der Waals surface area contributed by atoms with Crippen LogP contribution in [0.4, 0.5) is 0 Å². The molecule has 1 aliphatic heterocycles. The largest absolute Gasteiger partial charge is 0.507 e. The maximum atomic E-state index is 9.73. The molecule has 0 aromatic heterocycles. The number of fused-ring (bicyclic) bond motifs is 1. The van der Waals surface area contributed by atoms with Gasteiger partial charge in [0, 0.05) is 22.1 Å². The van der Waals surface area contributed by atoms with Crippen LogP contribution in [-0.2, 0) is 0 Å². The number of benzene rings is 2. The molecule has 1 heterocycles. The molecule has 92 valence electrons. The van der Waals surface area contributed by atoms with Crippen LogP contribution in [0.5, 0.6) is 11.5 Å². The van der Waals surface area contributed by atoms with Crippen LogP contribution in [0.1, 0.15) is 11.5 Å². The average molecular weight is 258 g/mol. The van der Waals surface area contributed by atoms with Crippen LogP contribution in [0.2, 0.25) is 0 Å². The third kappa shape index (κ3) is 2.18. The number of hydrogen-bond acceptors (Lipinski definition) is 3. The van der Waals surface area contributed by atoms with Crippen LogP contribution < -0.4 is 4.74 Å². The van der Waals surface area contributed by atoms with Gasteiger partial charge in [-0.05, 0) is 18.2 Å². The molecule has 1 atom stereocenters. The molecule has 1 aliphatic rings. The molecule has 3 heteroatoms. The number of phenols is 1. The lowest BCUT2D eigenvalue weighted by molar-refractivity contribution is 0.338. The summed E-state index contributed by atoms with van der Waals surface area (Å²) in [6.07, 6.45) is 0. The second kappa shape index (κ2) is 4.94. The lowest BCUT2D eigenvalue weighted by Gasteiger charge is -2.09. The third-order valence-electron chi connectivity index (χ3n) is 3.10. The fraction of sp³-hybridized carbons (Fsp3) is 0.200. The van der Waals surface area contributed by atoms with Crippen molar-refractivity contribution < 1.29 is 9.84 Å². The van der Waals surface area contributed by atoms with Crippen molar-refractivity contribution >= 4 is 11.8 Å². The summed E-state index contributed by atoms with van der Waals surface area (Å²) in [7, 11) is 0. The molecule has 2 aromatic carbocycles. The maximum absolute atomic E-state index is 9.73. The van der Waals surface area contributed by atoms with Crippen LogP contribution in [-0.4, -0.2) is 17.5 Å². The van der Waals surface area contributed by atoms with E-state index in [1.165, 1.54) is 5.56 Å². The average Bonchev–Trinajstić information content (AvgIpc) is 2.81. The molecule has 0 amide bonds. The number of rotatable bonds is 3. The van der Waals surface area contributed by atoms with E-state index in [1.54, 1.807) is 17.8 Å². The summed E-state index contributed by atoms with van der Waals surface area (Å²) in [5.41, 5.74) is 1.28. The van der Waals surface area contributed by atoms with E-state index in [0.717, 1.165) is 23.0 Å². The van der Waals surface area contributed by atoms with Crippen molar-refractivity contribution in [2.75, 3.05) is 12.4 Å². The highest BCUT2D eigenvalue weighted by Gasteiger charge is 2.23. The molecular weight excluding hydrogens is 244 g/mol. The van der Waals surface area contributed by atoms with Gasteiger partial charge in [0.2, 0.25) is 0 Å². The predicted molar refractivity (Wildman–Crippen MR) is 73.5 cm³/mol. The summed E-state index contributed by atoms with van der Waals surface area (Å²) in [5, 5.41) is 9.73. The van der Waals surface area contributed by atoms with Crippen LogP contribution in [0, 0.1) is 0 Å². The van der Waals surface area contributed by atoms with Crippen LogP contribution in [0.15, 0.2) is 53.4 Å². The fourth-order valence-corrected chi connectivity index (χ4v) is 3.18. The Kier molecular flexibility index (Phi) is 3.15. The quantitative estimate of drug-likeness (QED) is 0.852. The lowest BCUT2D eigenvalue weighted by atomic mass is 10.0. The molecule has 0 saturated heterocycles. The van der Waals surface area contributed by atoms with Crippen LogP contribution in [0.3, 0.4) is 0 Å². The van der Waals surface area contributed by atoms with E-state index in [0.29, 0.717) is 11.7 Å². The number of phenolic OH excluding ortho intramolecular Hbond substituents is 1. The first-order valence-electron chi connectivity index (χ1n) is 5.97. The zero-order valence-electron chi connectivity index (χ0n) is 9.87. The summed E-state index contributed by atoms with van der Waals surface area (Å²) in [4.78, 5) is 0.932. The summed E-state index contributed by atoms with van der Waals surface area (Å²) in [6, 6.07) is 15.6. The molecule has 2 aromatic rings. The van der Waals surface area contributed by atoms with Crippen LogP contribution in [0.25, 0.3) is 0 Å². The minimum atomic E-state index is 0.356. The van der Waals surface area contributed by atoms with Gasteiger partial charge in [0.25, 0.3) is 0 Å². The van der Waals surface area contributed by atoms with Gasteiger partial charge in [0.05, 0.1) is 6.61 Å². The van der Waals surface area contributed by atoms with Gasteiger partial charge in [0.1, 0.15) is 11.5 Å². The molecule has 0 aliphatic carbocycles. The Labute approximate surface area is 111 Å². The van der Waals surface area contributed by atoms with E-state index < -0.39 is 0 Å². The molecule has 0 fully saturated rings. The monoisotopic (exact) mass is 258 g/mol. The molecule has 0 bridgehead atoms. The van der Waals surface area contributed by atoms with E-state index in [9.17, 15) is 5.11 Å². The first-order chi connectivity index (χ1) is 8.84. The van der Waals surface area contributed by atoms with Gasteiger partial charge in [0.15, 0.2) is 0 Å². The van der Waals surface area contributed by atoms with E-state index in [1.807, 2.05) is 36.4 Å². The molecule has 3 rings (SSSR count). The SMILES string of the molecule is Oc1ccccc1SCC1COc2ccccc21. The fourth-order valence-electron chi connectivity index (χ4n) is 2.14. The van der Waals surface area contributed by atoms with Crippen molar-refractivity contribution in [2.24, 2.45) is 0 Å². The highest BCUT2D eigenvalue weighted by atomic mass is 32.2. The Bertz CT molecular complexity index is 554. The van der Waals surface area contributed by atoms with E-state index >= 15 is 0 Å². The van der Waals surface area contributed by atoms with Gasteiger partial charge in [-0.1, -0.05) is 30.3 Å². The van der Waals surface area contributed by atoms with Crippen molar-refractivity contribution in [1.29, 1.82) is 0 Å². The molecular formula is C15H14O2S. The van der Waals surface area contributed by atoms with Crippen LogP contribution >= 0.6 is 11.8 Å². The zero-order valence-corrected chi connectivity index (χ0v) is 10.7. The first kappa shape index (κ1) is 11.5. The molecule has 1 N–H and O–H groups in total. The van der Waals surface area contributed by atoms with E-state index in [4.69, 9.17) is 4.74 Å². The highest BCUT2D eigenvalue weighted by molar-refractivity contribution is 7.99. The Morgan fingerprint density at radius 1 is 1.11 bits per heavy atom. The van der Waals surface area contributed by atoms with Crippen molar-refractivity contribution in [3.05, 3.63) is 54.1 Å².